The van der Waals surface area contributed by atoms with Gasteiger partial charge in [-0.05, 0) is 70.3 Å². The molecule has 2 heterocycles. The molecule has 182 valence electrons. The number of ether oxygens (including phenoxy) is 1. The number of aliphatic imine (C=N–C) groups is 1. The topological polar surface area (TPSA) is 37.5 Å². The summed E-state index contributed by atoms with van der Waals surface area (Å²) in [5.41, 5.74) is 7.56. The minimum atomic E-state index is -0.549. The number of pyridine rings is 1. The van der Waals surface area contributed by atoms with Crippen molar-refractivity contribution in [3.05, 3.63) is 149 Å². The Morgan fingerprint density at radius 2 is 1.39 bits per heavy atom. The molecule has 7 rings (SSSR count). The fourth-order valence-corrected chi connectivity index (χ4v) is 5.92. The lowest BCUT2D eigenvalue weighted by atomic mass is 9.70. The normalized spacial score (nSPS) is 14.9. The summed E-state index contributed by atoms with van der Waals surface area (Å²) in [6.45, 7) is 0.706. The van der Waals surface area contributed by atoms with E-state index >= 15 is 0 Å². The van der Waals surface area contributed by atoms with E-state index in [0.717, 1.165) is 34.2 Å². The Morgan fingerprint density at radius 1 is 0.711 bits per heavy atom. The summed E-state index contributed by atoms with van der Waals surface area (Å²) in [6.07, 6.45) is 3.95. The van der Waals surface area contributed by atoms with Crippen LogP contribution in [0.5, 0.6) is 11.5 Å². The molecule has 0 bridgehead atoms. The number of aromatic nitrogens is 1. The summed E-state index contributed by atoms with van der Waals surface area (Å²) < 4.78 is 8.53. The van der Waals surface area contributed by atoms with Crippen molar-refractivity contribution in [3.8, 4) is 22.6 Å². The second kappa shape index (κ2) is 8.93. The molecule has 0 saturated heterocycles. The number of amidine groups is 1. The molecule has 4 nitrogen and oxygen atoms in total. The van der Waals surface area contributed by atoms with Gasteiger partial charge in [0.05, 0.1) is 23.7 Å². The van der Waals surface area contributed by atoms with Gasteiger partial charge in [0.25, 0.3) is 0 Å². The Kier molecular flexibility index (Phi) is 5.26. The third-order valence-electron chi connectivity index (χ3n) is 7.53. The molecule has 0 radical (unpaired) electrons. The Hall–Kier alpha value is -4.83. The van der Waals surface area contributed by atoms with Crippen molar-refractivity contribution in [2.24, 2.45) is 4.99 Å². The standard InChI is InChI=1S/C34H26N3O/c1-37-21-20-36-33(37)24-10-8-12-26(22-24)38-27-13-9-11-25(23-27)34(32-18-6-7-19-35-32)30-16-4-2-14-28(30)29-15-3-5-17-31(29)34/h2-19,21-23H,20H2,1H3/q+1. The van der Waals surface area contributed by atoms with E-state index in [9.17, 15) is 0 Å². The zero-order valence-electron chi connectivity index (χ0n) is 21.1. The molecule has 38 heavy (non-hydrogen) atoms. The molecule has 0 fully saturated rings. The van der Waals surface area contributed by atoms with Gasteiger partial charge in [-0.25, -0.2) is 4.58 Å². The zero-order chi connectivity index (χ0) is 25.5. The largest absolute Gasteiger partial charge is 0.457 e. The monoisotopic (exact) mass is 492 g/mol. The number of hydrogen-bond donors (Lipinski definition) is 0. The molecule has 1 aliphatic heterocycles. The zero-order valence-corrected chi connectivity index (χ0v) is 21.1. The number of rotatable bonds is 5. The van der Waals surface area contributed by atoms with E-state index in [1.165, 1.54) is 22.3 Å². The predicted octanol–water partition coefficient (Wildman–Crippen LogP) is 6.71. The Bertz CT molecular complexity index is 1690. The van der Waals surface area contributed by atoms with Gasteiger partial charge in [0.1, 0.15) is 17.7 Å². The molecule has 2 aliphatic rings. The van der Waals surface area contributed by atoms with Gasteiger partial charge in [0.15, 0.2) is 6.54 Å². The second-order valence-corrected chi connectivity index (χ2v) is 9.67. The van der Waals surface area contributed by atoms with Crippen molar-refractivity contribution in [1.29, 1.82) is 0 Å². The Labute approximate surface area is 222 Å². The highest BCUT2D eigenvalue weighted by atomic mass is 16.5. The van der Waals surface area contributed by atoms with E-state index in [1.54, 1.807) is 0 Å². The minimum Gasteiger partial charge on any atom is -0.457 e. The first-order chi connectivity index (χ1) is 18.7. The lowest BCUT2D eigenvalue weighted by Gasteiger charge is -2.32. The van der Waals surface area contributed by atoms with Gasteiger partial charge in [0, 0.05) is 6.20 Å². The lowest BCUT2D eigenvalue weighted by molar-refractivity contribution is -0.360. The van der Waals surface area contributed by atoms with Gasteiger partial charge in [-0.3, -0.25) is 4.98 Å². The molecule has 4 heteroatoms. The van der Waals surface area contributed by atoms with Gasteiger partial charge < -0.3 is 4.74 Å². The summed E-state index contributed by atoms with van der Waals surface area (Å²) in [5.74, 6) is 2.52. The van der Waals surface area contributed by atoms with Gasteiger partial charge >= 0.3 is 5.84 Å². The number of hydrogen-bond acceptors (Lipinski definition) is 3. The number of fused-ring (bicyclic) bond motifs is 3. The maximum Gasteiger partial charge on any atom is 0.324 e. The Balaban J connectivity index is 1.38. The van der Waals surface area contributed by atoms with Crippen LogP contribution >= 0.6 is 0 Å². The maximum absolute atomic E-state index is 6.47. The van der Waals surface area contributed by atoms with Crippen LogP contribution in [0.3, 0.4) is 0 Å². The number of nitrogens with zero attached hydrogens (tertiary/aromatic N) is 3. The first-order valence-electron chi connectivity index (χ1n) is 12.9. The van der Waals surface area contributed by atoms with Crippen molar-refractivity contribution >= 4 is 12.1 Å². The molecule has 0 atom stereocenters. The molecule has 0 amide bonds. The predicted molar refractivity (Wildman–Crippen MR) is 152 cm³/mol. The molecule has 0 N–H and O–H groups in total. The summed E-state index contributed by atoms with van der Waals surface area (Å²) in [5, 5.41) is 0. The molecule has 0 saturated carbocycles. The quantitative estimate of drug-likeness (QED) is 0.251. The molecule has 0 spiro atoms. The van der Waals surface area contributed by atoms with Gasteiger partial charge in [-0.1, -0.05) is 77.8 Å². The average Bonchev–Trinajstić information content (AvgIpc) is 3.53. The third kappa shape index (κ3) is 3.41. The summed E-state index contributed by atoms with van der Waals surface area (Å²) in [4.78, 5) is 9.53. The summed E-state index contributed by atoms with van der Waals surface area (Å²) in [7, 11) is 2.02. The van der Waals surface area contributed by atoms with Crippen LogP contribution < -0.4 is 4.74 Å². The first-order valence-corrected chi connectivity index (χ1v) is 12.9. The fourth-order valence-electron chi connectivity index (χ4n) is 5.92. The maximum atomic E-state index is 6.47. The highest BCUT2D eigenvalue weighted by Crippen LogP contribution is 2.55. The summed E-state index contributed by atoms with van der Waals surface area (Å²) in [6, 6.07) is 40.1. The SMILES string of the molecule is C[N+]1=CCN=C1c1cccc(Oc2cccc(C3(c4ccccn4)c4ccccc4-c4ccccc43)c2)c1. The molecule has 1 aromatic heterocycles. The second-order valence-electron chi connectivity index (χ2n) is 9.67. The van der Waals surface area contributed by atoms with Crippen LogP contribution in [0.2, 0.25) is 0 Å². The van der Waals surface area contributed by atoms with Crippen LogP contribution in [0.15, 0.2) is 126 Å². The van der Waals surface area contributed by atoms with Gasteiger partial charge in [0.2, 0.25) is 0 Å². The first kappa shape index (κ1) is 22.4. The Morgan fingerprint density at radius 3 is 2.08 bits per heavy atom. The average molecular weight is 493 g/mol. The van der Waals surface area contributed by atoms with E-state index in [-0.39, 0.29) is 0 Å². The third-order valence-corrected chi connectivity index (χ3v) is 7.53. The van der Waals surface area contributed by atoms with E-state index in [2.05, 4.69) is 107 Å². The van der Waals surface area contributed by atoms with Crippen LogP contribution in [-0.4, -0.2) is 35.2 Å². The van der Waals surface area contributed by atoms with Crippen molar-refractivity contribution < 1.29 is 9.31 Å². The van der Waals surface area contributed by atoms with Crippen LogP contribution in [-0.2, 0) is 5.41 Å². The van der Waals surface area contributed by atoms with E-state index in [0.29, 0.717) is 6.54 Å². The molecule has 4 aromatic carbocycles. The van der Waals surface area contributed by atoms with Gasteiger partial charge in [-0.2, -0.15) is 0 Å². The van der Waals surface area contributed by atoms with Crippen molar-refractivity contribution in [3.63, 3.8) is 0 Å². The summed E-state index contributed by atoms with van der Waals surface area (Å²) >= 11 is 0. The number of benzene rings is 4. The van der Waals surface area contributed by atoms with Crippen molar-refractivity contribution in [2.75, 3.05) is 13.6 Å². The molecule has 5 aromatic rings. The fraction of sp³-hybridized carbons (Fsp3) is 0.0882. The van der Waals surface area contributed by atoms with Crippen LogP contribution in [0.1, 0.15) is 27.9 Å². The van der Waals surface area contributed by atoms with E-state index < -0.39 is 5.41 Å². The van der Waals surface area contributed by atoms with Crippen LogP contribution in [0, 0.1) is 0 Å². The molecular formula is C34H26N3O+. The molecular weight excluding hydrogens is 466 g/mol. The van der Waals surface area contributed by atoms with E-state index in [1.807, 2.05) is 37.5 Å². The van der Waals surface area contributed by atoms with Crippen molar-refractivity contribution in [2.45, 2.75) is 5.41 Å². The minimum absolute atomic E-state index is 0.549. The molecule has 0 unspecified atom stereocenters. The van der Waals surface area contributed by atoms with Crippen LogP contribution in [0.4, 0.5) is 0 Å². The van der Waals surface area contributed by atoms with Crippen molar-refractivity contribution in [1.82, 2.24) is 4.98 Å². The lowest BCUT2D eigenvalue weighted by Crippen LogP contribution is -2.29. The van der Waals surface area contributed by atoms with Gasteiger partial charge in [-0.15, -0.1) is 0 Å². The highest BCUT2D eigenvalue weighted by Gasteiger charge is 2.47. The highest BCUT2D eigenvalue weighted by molar-refractivity contribution is 5.97. The van der Waals surface area contributed by atoms with Crippen LogP contribution in [0.25, 0.3) is 11.1 Å². The molecule has 1 aliphatic carbocycles. The van der Waals surface area contributed by atoms with E-state index in [4.69, 9.17) is 9.72 Å². The smallest absolute Gasteiger partial charge is 0.324 e.